The van der Waals surface area contributed by atoms with Gasteiger partial charge < -0.3 is 19.7 Å². The van der Waals surface area contributed by atoms with Gasteiger partial charge in [0, 0.05) is 29.4 Å². The SMILES string of the molecule is CCOC(=O)c1ccc(NC(=O)COC(=O)[C@H]2CC(=O)N(c3cccc(Cl)c3C)C2)cc1. The molecule has 1 aliphatic rings. The molecule has 0 aromatic heterocycles. The molecule has 0 saturated carbocycles. The van der Waals surface area contributed by atoms with Gasteiger partial charge in [0.05, 0.1) is 18.1 Å². The second-order valence-corrected chi connectivity index (χ2v) is 7.65. The van der Waals surface area contributed by atoms with Crippen molar-refractivity contribution in [2.45, 2.75) is 20.3 Å². The summed E-state index contributed by atoms with van der Waals surface area (Å²) < 4.78 is 10.0. The predicted molar refractivity (Wildman–Crippen MR) is 119 cm³/mol. The highest BCUT2D eigenvalue weighted by molar-refractivity contribution is 6.31. The van der Waals surface area contributed by atoms with Gasteiger partial charge in [-0.2, -0.15) is 0 Å². The summed E-state index contributed by atoms with van der Waals surface area (Å²) in [5.74, 6) is -2.48. The Morgan fingerprint density at radius 2 is 1.84 bits per heavy atom. The lowest BCUT2D eigenvalue weighted by atomic mass is 10.1. The average Bonchev–Trinajstić information content (AvgIpc) is 3.16. The molecule has 1 aliphatic heterocycles. The Morgan fingerprint density at radius 1 is 1.12 bits per heavy atom. The summed E-state index contributed by atoms with van der Waals surface area (Å²) in [6.07, 6.45) is 0.00171. The molecule has 0 bridgehead atoms. The van der Waals surface area contributed by atoms with Crippen molar-refractivity contribution in [3.05, 3.63) is 58.6 Å². The fourth-order valence-corrected chi connectivity index (χ4v) is 3.51. The van der Waals surface area contributed by atoms with Crippen LogP contribution in [0.25, 0.3) is 0 Å². The topological polar surface area (TPSA) is 102 Å². The summed E-state index contributed by atoms with van der Waals surface area (Å²) in [4.78, 5) is 50.1. The van der Waals surface area contributed by atoms with Crippen LogP contribution in [-0.4, -0.2) is 43.5 Å². The van der Waals surface area contributed by atoms with Gasteiger partial charge in [0.25, 0.3) is 5.91 Å². The lowest BCUT2D eigenvalue weighted by Crippen LogP contribution is -2.28. The van der Waals surface area contributed by atoms with Crippen molar-refractivity contribution >= 4 is 46.7 Å². The molecule has 2 aromatic rings. The average molecular weight is 459 g/mol. The van der Waals surface area contributed by atoms with Crippen LogP contribution in [0.4, 0.5) is 11.4 Å². The summed E-state index contributed by atoms with van der Waals surface area (Å²) in [6, 6.07) is 11.4. The number of hydrogen-bond donors (Lipinski definition) is 1. The Balaban J connectivity index is 1.51. The molecule has 0 unspecified atom stereocenters. The zero-order valence-electron chi connectivity index (χ0n) is 17.7. The molecule has 168 valence electrons. The van der Waals surface area contributed by atoms with Crippen LogP contribution in [0.15, 0.2) is 42.5 Å². The van der Waals surface area contributed by atoms with Crippen molar-refractivity contribution in [2.75, 3.05) is 30.0 Å². The largest absolute Gasteiger partial charge is 0.462 e. The fourth-order valence-electron chi connectivity index (χ4n) is 3.34. The van der Waals surface area contributed by atoms with Crippen LogP contribution >= 0.6 is 11.6 Å². The number of nitrogens with zero attached hydrogens (tertiary/aromatic N) is 1. The molecule has 2 aromatic carbocycles. The number of carbonyl (C=O) groups is 4. The molecule has 32 heavy (non-hydrogen) atoms. The van der Waals surface area contributed by atoms with Gasteiger partial charge in [0.2, 0.25) is 5.91 Å². The third-order valence-electron chi connectivity index (χ3n) is 5.01. The summed E-state index contributed by atoms with van der Waals surface area (Å²) in [5, 5.41) is 3.12. The maximum atomic E-state index is 12.4. The molecule has 1 atom stereocenters. The Morgan fingerprint density at radius 3 is 2.53 bits per heavy atom. The Labute approximate surface area is 190 Å². The second kappa shape index (κ2) is 10.3. The number of amides is 2. The van der Waals surface area contributed by atoms with Crippen LogP contribution in [0.1, 0.15) is 29.3 Å². The molecule has 1 saturated heterocycles. The second-order valence-electron chi connectivity index (χ2n) is 7.24. The van der Waals surface area contributed by atoms with Crippen molar-refractivity contribution in [1.29, 1.82) is 0 Å². The van der Waals surface area contributed by atoms with Crippen molar-refractivity contribution in [3.63, 3.8) is 0 Å². The van der Waals surface area contributed by atoms with Crippen LogP contribution in [0.3, 0.4) is 0 Å². The van der Waals surface area contributed by atoms with E-state index in [0.29, 0.717) is 22.0 Å². The van der Waals surface area contributed by atoms with E-state index in [1.54, 1.807) is 44.2 Å². The van der Waals surface area contributed by atoms with Crippen LogP contribution in [-0.2, 0) is 23.9 Å². The number of halogens is 1. The van der Waals surface area contributed by atoms with E-state index in [0.717, 1.165) is 5.56 Å². The predicted octanol–water partition coefficient (Wildman–Crippen LogP) is 3.36. The lowest BCUT2D eigenvalue weighted by Gasteiger charge is -2.19. The summed E-state index contributed by atoms with van der Waals surface area (Å²) >= 11 is 6.13. The van der Waals surface area contributed by atoms with Crippen LogP contribution in [0.5, 0.6) is 0 Å². The molecule has 1 fully saturated rings. The van der Waals surface area contributed by atoms with Gasteiger partial charge in [-0.05, 0) is 55.8 Å². The van der Waals surface area contributed by atoms with E-state index in [1.165, 1.54) is 17.0 Å². The van der Waals surface area contributed by atoms with Gasteiger partial charge >= 0.3 is 11.9 Å². The minimum absolute atomic E-state index is 0.00171. The lowest BCUT2D eigenvalue weighted by molar-refractivity contribution is -0.151. The summed E-state index contributed by atoms with van der Waals surface area (Å²) in [6.45, 7) is 3.46. The summed E-state index contributed by atoms with van der Waals surface area (Å²) in [7, 11) is 0. The zero-order valence-corrected chi connectivity index (χ0v) is 18.5. The first kappa shape index (κ1) is 23.3. The molecule has 1 N–H and O–H groups in total. The molecule has 8 nitrogen and oxygen atoms in total. The van der Waals surface area contributed by atoms with E-state index in [1.807, 2.05) is 0 Å². The number of rotatable bonds is 7. The molecular formula is C23H23ClN2O6. The Kier molecular flexibility index (Phi) is 7.48. The minimum atomic E-state index is -0.669. The molecule has 2 amide bonds. The van der Waals surface area contributed by atoms with E-state index in [-0.39, 0.29) is 25.5 Å². The maximum absolute atomic E-state index is 12.4. The number of benzene rings is 2. The van der Waals surface area contributed by atoms with E-state index < -0.39 is 30.4 Å². The van der Waals surface area contributed by atoms with E-state index >= 15 is 0 Å². The minimum Gasteiger partial charge on any atom is -0.462 e. The standard InChI is InChI=1S/C23H23ClN2O6/c1-3-31-22(29)15-7-9-17(10-8-15)25-20(27)13-32-23(30)16-11-21(28)26(12-16)19-6-4-5-18(24)14(19)2/h4-10,16H,3,11-13H2,1-2H3,(H,25,27)/t16-/m0/s1. The fraction of sp³-hybridized carbons (Fsp3) is 0.304. The van der Waals surface area contributed by atoms with Crippen molar-refractivity contribution in [1.82, 2.24) is 0 Å². The molecule has 9 heteroatoms. The van der Waals surface area contributed by atoms with Crippen molar-refractivity contribution < 1.29 is 28.7 Å². The number of anilines is 2. The van der Waals surface area contributed by atoms with Gasteiger partial charge in [0.15, 0.2) is 6.61 Å². The highest BCUT2D eigenvalue weighted by atomic mass is 35.5. The third kappa shape index (κ3) is 5.45. The molecule has 0 aliphatic carbocycles. The van der Waals surface area contributed by atoms with Crippen molar-refractivity contribution in [2.24, 2.45) is 5.92 Å². The van der Waals surface area contributed by atoms with Gasteiger partial charge in [-0.25, -0.2) is 4.79 Å². The first-order valence-electron chi connectivity index (χ1n) is 10.1. The van der Waals surface area contributed by atoms with E-state index in [9.17, 15) is 19.2 Å². The molecule has 0 spiro atoms. The maximum Gasteiger partial charge on any atom is 0.338 e. The first-order chi connectivity index (χ1) is 15.3. The number of ether oxygens (including phenoxy) is 2. The normalized spacial score (nSPS) is 15.4. The number of esters is 2. The Hall–Kier alpha value is -3.39. The van der Waals surface area contributed by atoms with Crippen LogP contribution < -0.4 is 10.2 Å². The van der Waals surface area contributed by atoms with Crippen LogP contribution in [0.2, 0.25) is 5.02 Å². The smallest absolute Gasteiger partial charge is 0.338 e. The number of carbonyl (C=O) groups excluding carboxylic acids is 4. The molecule has 1 heterocycles. The van der Waals surface area contributed by atoms with Gasteiger partial charge in [0.1, 0.15) is 0 Å². The highest BCUT2D eigenvalue weighted by Gasteiger charge is 2.37. The first-order valence-corrected chi connectivity index (χ1v) is 10.5. The monoisotopic (exact) mass is 458 g/mol. The quantitative estimate of drug-likeness (QED) is 0.638. The van der Waals surface area contributed by atoms with E-state index in [2.05, 4.69) is 5.32 Å². The van der Waals surface area contributed by atoms with Gasteiger partial charge in [-0.15, -0.1) is 0 Å². The summed E-state index contributed by atoms with van der Waals surface area (Å²) in [5.41, 5.74) is 2.21. The molecular weight excluding hydrogens is 436 g/mol. The third-order valence-corrected chi connectivity index (χ3v) is 5.42. The van der Waals surface area contributed by atoms with E-state index in [4.69, 9.17) is 21.1 Å². The number of nitrogens with one attached hydrogen (secondary N) is 1. The molecule has 3 rings (SSSR count). The van der Waals surface area contributed by atoms with Gasteiger partial charge in [-0.1, -0.05) is 17.7 Å². The van der Waals surface area contributed by atoms with Crippen LogP contribution in [0, 0.1) is 12.8 Å². The molecule has 0 radical (unpaired) electrons. The Bertz CT molecular complexity index is 1040. The zero-order chi connectivity index (χ0) is 23.3. The van der Waals surface area contributed by atoms with Gasteiger partial charge in [-0.3, -0.25) is 14.4 Å². The number of hydrogen-bond acceptors (Lipinski definition) is 6. The highest BCUT2D eigenvalue weighted by Crippen LogP contribution is 2.31. The van der Waals surface area contributed by atoms with Crippen molar-refractivity contribution in [3.8, 4) is 0 Å².